The van der Waals surface area contributed by atoms with Crippen molar-refractivity contribution in [2.24, 2.45) is 0 Å². The van der Waals surface area contributed by atoms with Crippen LogP contribution in [0.4, 0.5) is 0 Å². The number of halogens is 4. The van der Waals surface area contributed by atoms with Crippen molar-refractivity contribution >= 4 is 57.4 Å². The van der Waals surface area contributed by atoms with Gasteiger partial charge in [0.2, 0.25) is 0 Å². The van der Waals surface area contributed by atoms with Gasteiger partial charge in [0.05, 0.1) is 5.38 Å². The Morgan fingerprint density at radius 1 is 1.00 bits per heavy atom. The average molecular weight is 411 g/mol. The first kappa shape index (κ1) is 14.4. The van der Waals surface area contributed by atoms with Gasteiger partial charge in [0, 0.05) is 13.6 Å². The normalized spacial score (nSPS) is 12.4. The predicted molar refractivity (Wildman–Crippen MR) is 87.9 cm³/mol. The van der Waals surface area contributed by atoms with E-state index in [0.717, 1.165) is 26.1 Å². The van der Waals surface area contributed by atoms with Crippen LogP contribution < -0.4 is 0 Å². The summed E-state index contributed by atoms with van der Waals surface area (Å²) in [6.45, 7) is 0. The van der Waals surface area contributed by atoms with Crippen LogP contribution >= 0.6 is 57.4 Å². The molecule has 0 heterocycles. The molecule has 0 bridgehead atoms. The molecule has 0 N–H and O–H groups in total. The van der Waals surface area contributed by atoms with Gasteiger partial charge in [-0.05, 0) is 70.5 Å². The van der Waals surface area contributed by atoms with Crippen LogP contribution in [0.1, 0.15) is 16.5 Å². The largest absolute Gasteiger partial charge is 0.117 e. The van der Waals surface area contributed by atoms with E-state index in [4.69, 9.17) is 34.8 Å². The first-order valence-corrected chi connectivity index (χ1v) is 7.67. The molecule has 0 saturated heterocycles. The maximum absolute atomic E-state index is 6.46. The summed E-state index contributed by atoms with van der Waals surface area (Å²) in [4.78, 5) is 0. The van der Waals surface area contributed by atoms with Crippen molar-refractivity contribution in [3.63, 3.8) is 0 Å². The van der Waals surface area contributed by atoms with Gasteiger partial charge in [-0.25, -0.2) is 0 Å². The van der Waals surface area contributed by atoms with Gasteiger partial charge >= 0.3 is 0 Å². The molecule has 0 nitrogen and oxygen atoms in total. The maximum Gasteiger partial charge on any atom is 0.0636 e. The molecule has 0 aliphatic heterocycles. The zero-order valence-corrected chi connectivity index (χ0v) is 13.8. The van der Waals surface area contributed by atoms with Crippen molar-refractivity contribution in [3.8, 4) is 0 Å². The highest BCUT2D eigenvalue weighted by Crippen LogP contribution is 2.31. The molecule has 94 valence electrons. The molecule has 18 heavy (non-hydrogen) atoms. The molecule has 0 fully saturated rings. The molecule has 4 heteroatoms. The molecule has 2 rings (SSSR count). The van der Waals surface area contributed by atoms with E-state index in [1.165, 1.54) is 0 Å². The molecule has 0 spiro atoms. The second-order valence-electron chi connectivity index (χ2n) is 3.97. The van der Waals surface area contributed by atoms with E-state index < -0.39 is 0 Å². The molecule has 2 aromatic carbocycles. The molecular weight excluding hydrogens is 401 g/mol. The Bertz CT molecular complexity index is 554. The van der Waals surface area contributed by atoms with E-state index in [1.807, 2.05) is 42.5 Å². The Morgan fingerprint density at radius 3 is 2.44 bits per heavy atom. The molecule has 1 atom stereocenters. The summed E-state index contributed by atoms with van der Waals surface area (Å²) >= 11 is 20.7. The summed E-state index contributed by atoms with van der Waals surface area (Å²) in [7, 11) is 0. The topological polar surface area (TPSA) is 0 Å². The highest BCUT2D eigenvalue weighted by Gasteiger charge is 2.13. The van der Waals surface area contributed by atoms with Gasteiger partial charge in [0.25, 0.3) is 0 Å². The zero-order valence-electron chi connectivity index (χ0n) is 9.34. The van der Waals surface area contributed by atoms with Crippen LogP contribution in [0.15, 0.2) is 42.5 Å². The third kappa shape index (κ3) is 3.77. The summed E-state index contributed by atoms with van der Waals surface area (Å²) < 4.78 is 1.12. The summed E-state index contributed by atoms with van der Waals surface area (Å²) in [5, 5.41) is 1.34. The molecule has 2 aromatic rings. The van der Waals surface area contributed by atoms with E-state index in [9.17, 15) is 0 Å². The summed E-state index contributed by atoms with van der Waals surface area (Å²) in [5.41, 5.74) is 2.18. The van der Waals surface area contributed by atoms with Crippen LogP contribution in [0.5, 0.6) is 0 Å². The van der Waals surface area contributed by atoms with E-state index in [0.29, 0.717) is 5.02 Å². The SMILES string of the molecule is Clc1cccc(CC(Cl)c2cc(Cl)ccc2I)c1. The van der Waals surface area contributed by atoms with Crippen molar-refractivity contribution in [3.05, 3.63) is 67.2 Å². The highest BCUT2D eigenvalue weighted by atomic mass is 127. The average Bonchev–Trinajstić information content (AvgIpc) is 2.32. The van der Waals surface area contributed by atoms with Crippen molar-refractivity contribution in [1.29, 1.82) is 0 Å². The fourth-order valence-electron chi connectivity index (χ4n) is 1.74. The zero-order chi connectivity index (χ0) is 13.1. The molecule has 0 aliphatic rings. The van der Waals surface area contributed by atoms with Crippen LogP contribution in [0, 0.1) is 3.57 Å². The first-order chi connectivity index (χ1) is 8.56. The molecule has 0 radical (unpaired) electrons. The Balaban J connectivity index is 2.21. The minimum absolute atomic E-state index is 0.103. The van der Waals surface area contributed by atoms with Crippen LogP contribution in [0.25, 0.3) is 0 Å². The first-order valence-electron chi connectivity index (χ1n) is 5.40. The van der Waals surface area contributed by atoms with Gasteiger partial charge < -0.3 is 0 Å². The number of hydrogen-bond acceptors (Lipinski definition) is 0. The molecule has 0 aromatic heterocycles. The fraction of sp³-hybridized carbons (Fsp3) is 0.143. The van der Waals surface area contributed by atoms with Crippen LogP contribution in [0.2, 0.25) is 10.0 Å². The highest BCUT2D eigenvalue weighted by molar-refractivity contribution is 14.1. The van der Waals surface area contributed by atoms with Crippen LogP contribution in [-0.2, 0) is 6.42 Å². The van der Waals surface area contributed by atoms with Gasteiger partial charge in [-0.15, -0.1) is 11.6 Å². The quantitative estimate of drug-likeness (QED) is 0.422. The minimum atomic E-state index is -0.103. The summed E-state index contributed by atoms with van der Waals surface area (Å²) in [6, 6.07) is 13.5. The molecular formula is C14H10Cl3I. The second-order valence-corrected chi connectivity index (χ2v) is 6.53. The minimum Gasteiger partial charge on any atom is -0.117 e. The van der Waals surface area contributed by atoms with E-state index in [1.54, 1.807) is 0 Å². The van der Waals surface area contributed by atoms with Crippen molar-refractivity contribution in [1.82, 2.24) is 0 Å². The van der Waals surface area contributed by atoms with Gasteiger partial charge in [0.15, 0.2) is 0 Å². The van der Waals surface area contributed by atoms with Gasteiger partial charge in [-0.1, -0.05) is 35.3 Å². The molecule has 0 saturated carbocycles. The van der Waals surface area contributed by atoms with Crippen LogP contribution in [0.3, 0.4) is 0 Å². The Hall–Kier alpha value is 0.0400. The van der Waals surface area contributed by atoms with E-state index in [2.05, 4.69) is 22.6 Å². The van der Waals surface area contributed by atoms with E-state index in [-0.39, 0.29) is 5.38 Å². The van der Waals surface area contributed by atoms with Gasteiger partial charge in [-0.2, -0.15) is 0 Å². The lowest BCUT2D eigenvalue weighted by Gasteiger charge is -2.12. The number of rotatable bonds is 3. The monoisotopic (exact) mass is 410 g/mol. The standard InChI is InChI=1S/C14H10Cl3I/c15-10-3-1-2-9(6-10)7-13(17)12-8-11(16)4-5-14(12)18/h1-6,8,13H,7H2. The smallest absolute Gasteiger partial charge is 0.0636 e. The lowest BCUT2D eigenvalue weighted by atomic mass is 10.0. The summed E-state index contributed by atoms with van der Waals surface area (Å²) in [6.07, 6.45) is 0.735. The van der Waals surface area contributed by atoms with Crippen molar-refractivity contribution in [2.75, 3.05) is 0 Å². The number of alkyl halides is 1. The Morgan fingerprint density at radius 2 is 1.72 bits per heavy atom. The van der Waals surface area contributed by atoms with Crippen molar-refractivity contribution in [2.45, 2.75) is 11.8 Å². The third-order valence-electron chi connectivity index (χ3n) is 2.60. The number of benzene rings is 2. The second kappa shape index (κ2) is 6.47. The molecule has 0 aliphatic carbocycles. The van der Waals surface area contributed by atoms with Gasteiger partial charge in [0.1, 0.15) is 0 Å². The maximum atomic E-state index is 6.46. The van der Waals surface area contributed by atoms with Gasteiger partial charge in [-0.3, -0.25) is 0 Å². The number of hydrogen-bond donors (Lipinski definition) is 0. The fourth-order valence-corrected chi connectivity index (χ4v) is 3.38. The van der Waals surface area contributed by atoms with E-state index >= 15 is 0 Å². The van der Waals surface area contributed by atoms with Crippen molar-refractivity contribution < 1.29 is 0 Å². The Labute approximate surface area is 135 Å². The predicted octanol–water partition coefficient (Wildman–Crippen LogP) is 6.12. The molecule has 1 unspecified atom stereocenters. The summed E-state index contributed by atoms with van der Waals surface area (Å²) in [5.74, 6) is 0. The lowest BCUT2D eigenvalue weighted by molar-refractivity contribution is 0.914. The lowest BCUT2D eigenvalue weighted by Crippen LogP contribution is -1.98. The molecule has 0 amide bonds. The Kier molecular flexibility index (Phi) is 5.19. The third-order valence-corrected chi connectivity index (χ3v) is 4.44. The van der Waals surface area contributed by atoms with Crippen LogP contribution in [-0.4, -0.2) is 0 Å².